The van der Waals surface area contributed by atoms with E-state index in [1.54, 1.807) is 12.1 Å². The molecule has 6 heteroatoms. The number of hydrogen-bond acceptors (Lipinski definition) is 5. The molecule has 3 rings (SSSR count). The largest absolute Gasteiger partial charge is 0.292 e. The number of Topliss-reactive ketones (excluding diaryl/α,β-unsaturated/α-hetero) is 1. The van der Waals surface area contributed by atoms with Crippen molar-refractivity contribution in [2.75, 3.05) is 5.43 Å². The predicted molar refractivity (Wildman–Crippen MR) is 83.8 cm³/mol. The van der Waals surface area contributed by atoms with Gasteiger partial charge in [0.25, 0.3) is 5.69 Å². The maximum absolute atomic E-state index is 12.6. The summed E-state index contributed by atoms with van der Waals surface area (Å²) in [6, 6.07) is 6.01. The van der Waals surface area contributed by atoms with Crippen LogP contribution in [0.5, 0.6) is 0 Å². The van der Waals surface area contributed by atoms with E-state index in [1.807, 2.05) is 6.92 Å². The standard InChI is InChI=1S/C16H19N3O3/c1-15(2)12-8-9-16(15,3)14(20)13(12)18-17-10-4-6-11(7-5-10)19(21)22/h4-7,12,17H,8-9H2,1-3H3/b18-13-/t12-,16-/m0/s1. The van der Waals surface area contributed by atoms with Crippen LogP contribution in [0.4, 0.5) is 11.4 Å². The summed E-state index contributed by atoms with van der Waals surface area (Å²) in [6.45, 7) is 6.30. The quantitative estimate of drug-likeness (QED) is 0.685. The topological polar surface area (TPSA) is 84.6 Å². The van der Waals surface area contributed by atoms with Crippen molar-refractivity contribution in [2.24, 2.45) is 21.8 Å². The summed E-state index contributed by atoms with van der Waals surface area (Å²) in [5.41, 5.74) is 3.75. The number of anilines is 1. The zero-order chi connectivity index (χ0) is 16.1. The molecule has 1 aromatic rings. The highest BCUT2D eigenvalue weighted by Crippen LogP contribution is 2.62. The molecule has 0 aromatic heterocycles. The van der Waals surface area contributed by atoms with Gasteiger partial charge >= 0.3 is 0 Å². The fourth-order valence-corrected chi connectivity index (χ4v) is 3.74. The van der Waals surface area contributed by atoms with E-state index < -0.39 is 4.92 Å². The number of nitro groups is 1. The molecule has 116 valence electrons. The van der Waals surface area contributed by atoms with Crippen molar-refractivity contribution >= 4 is 22.9 Å². The zero-order valence-electron chi connectivity index (χ0n) is 12.9. The van der Waals surface area contributed by atoms with E-state index in [-0.39, 0.29) is 28.2 Å². The van der Waals surface area contributed by atoms with Gasteiger partial charge in [-0.2, -0.15) is 5.10 Å². The second-order valence-corrected chi connectivity index (χ2v) is 6.89. The molecule has 2 aliphatic carbocycles. The van der Waals surface area contributed by atoms with Crippen molar-refractivity contribution in [3.63, 3.8) is 0 Å². The van der Waals surface area contributed by atoms with Crippen LogP contribution < -0.4 is 5.43 Å². The maximum Gasteiger partial charge on any atom is 0.269 e. The number of nitrogens with zero attached hydrogens (tertiary/aromatic N) is 2. The molecule has 2 saturated carbocycles. The van der Waals surface area contributed by atoms with Gasteiger partial charge in [-0.15, -0.1) is 0 Å². The molecule has 0 aliphatic heterocycles. The molecule has 2 bridgehead atoms. The first kappa shape index (κ1) is 14.7. The summed E-state index contributed by atoms with van der Waals surface area (Å²) in [4.78, 5) is 22.8. The van der Waals surface area contributed by atoms with Crippen LogP contribution in [0, 0.1) is 26.9 Å². The van der Waals surface area contributed by atoms with Crippen LogP contribution in [0.3, 0.4) is 0 Å². The number of ketones is 1. The van der Waals surface area contributed by atoms with Crippen LogP contribution in [0.15, 0.2) is 29.4 Å². The molecular weight excluding hydrogens is 282 g/mol. The van der Waals surface area contributed by atoms with Crippen LogP contribution in [-0.4, -0.2) is 16.4 Å². The lowest BCUT2D eigenvalue weighted by Gasteiger charge is -2.31. The van der Waals surface area contributed by atoms with Gasteiger partial charge in [-0.1, -0.05) is 20.8 Å². The number of benzene rings is 1. The summed E-state index contributed by atoms with van der Waals surface area (Å²) in [5.74, 6) is 0.304. The highest BCUT2D eigenvalue weighted by molar-refractivity contribution is 6.45. The number of nitro benzene ring substituents is 1. The van der Waals surface area contributed by atoms with E-state index in [0.29, 0.717) is 11.4 Å². The van der Waals surface area contributed by atoms with Crippen molar-refractivity contribution in [1.29, 1.82) is 0 Å². The van der Waals surface area contributed by atoms with Gasteiger partial charge in [0.1, 0.15) is 5.71 Å². The van der Waals surface area contributed by atoms with E-state index in [1.165, 1.54) is 12.1 Å². The third-order valence-electron chi connectivity index (χ3n) is 5.67. The highest BCUT2D eigenvalue weighted by Gasteiger charge is 2.65. The Hall–Kier alpha value is -2.24. The third kappa shape index (κ3) is 1.86. The fraction of sp³-hybridized carbons (Fsp3) is 0.500. The van der Waals surface area contributed by atoms with Gasteiger partial charge < -0.3 is 0 Å². The summed E-state index contributed by atoms with van der Waals surface area (Å²) in [7, 11) is 0. The monoisotopic (exact) mass is 301 g/mol. The van der Waals surface area contributed by atoms with Gasteiger partial charge in [-0.25, -0.2) is 0 Å². The van der Waals surface area contributed by atoms with Crippen molar-refractivity contribution in [2.45, 2.75) is 33.6 Å². The number of non-ortho nitro benzene ring substituents is 1. The Labute approximate surface area is 128 Å². The number of carbonyl (C=O) groups is 1. The second-order valence-electron chi connectivity index (χ2n) is 6.89. The molecule has 0 heterocycles. The molecule has 0 saturated heterocycles. The number of hydrogen-bond donors (Lipinski definition) is 1. The van der Waals surface area contributed by atoms with E-state index in [4.69, 9.17) is 0 Å². The molecular formula is C16H19N3O3. The Kier molecular flexibility index (Phi) is 3.09. The molecule has 6 nitrogen and oxygen atoms in total. The lowest BCUT2D eigenvalue weighted by Crippen LogP contribution is -2.33. The molecule has 0 radical (unpaired) electrons. The van der Waals surface area contributed by atoms with Gasteiger partial charge in [-0.05, 0) is 30.4 Å². The smallest absolute Gasteiger partial charge is 0.269 e. The van der Waals surface area contributed by atoms with Crippen molar-refractivity contribution in [1.82, 2.24) is 0 Å². The van der Waals surface area contributed by atoms with Gasteiger partial charge in [0.2, 0.25) is 0 Å². The summed E-state index contributed by atoms with van der Waals surface area (Å²) in [5, 5.41) is 14.9. The molecule has 2 atom stereocenters. The molecule has 2 aliphatic rings. The van der Waals surface area contributed by atoms with Crippen LogP contribution in [0.1, 0.15) is 33.6 Å². The minimum atomic E-state index is -0.446. The van der Waals surface area contributed by atoms with Gasteiger partial charge in [0, 0.05) is 23.5 Å². The molecule has 0 unspecified atom stereocenters. The Morgan fingerprint density at radius 3 is 2.41 bits per heavy atom. The minimum absolute atomic E-state index is 0.0304. The predicted octanol–water partition coefficient (Wildman–Crippen LogP) is 3.39. The van der Waals surface area contributed by atoms with E-state index >= 15 is 0 Å². The molecule has 22 heavy (non-hydrogen) atoms. The van der Waals surface area contributed by atoms with Crippen LogP contribution in [0.25, 0.3) is 0 Å². The van der Waals surface area contributed by atoms with E-state index in [0.717, 1.165) is 12.8 Å². The SMILES string of the molecule is CC1(C)[C@H]2CC[C@@]1(C)C(=O)/C2=N\Nc1ccc([N+](=O)[O-])cc1. The fourth-order valence-electron chi connectivity index (χ4n) is 3.74. The highest BCUT2D eigenvalue weighted by atomic mass is 16.6. The molecule has 1 N–H and O–H groups in total. The zero-order valence-corrected chi connectivity index (χ0v) is 12.9. The Morgan fingerprint density at radius 2 is 1.91 bits per heavy atom. The summed E-state index contributed by atoms with van der Waals surface area (Å²) < 4.78 is 0. The lowest BCUT2D eigenvalue weighted by atomic mass is 9.70. The van der Waals surface area contributed by atoms with Crippen molar-refractivity contribution < 1.29 is 9.72 Å². The van der Waals surface area contributed by atoms with Crippen molar-refractivity contribution in [3.8, 4) is 0 Å². The molecule has 0 amide bonds. The third-order valence-corrected chi connectivity index (χ3v) is 5.67. The summed E-state index contributed by atoms with van der Waals surface area (Å²) in [6.07, 6.45) is 1.90. The normalized spacial score (nSPS) is 30.8. The van der Waals surface area contributed by atoms with Crippen LogP contribution in [-0.2, 0) is 4.79 Å². The van der Waals surface area contributed by atoms with E-state index in [9.17, 15) is 14.9 Å². The van der Waals surface area contributed by atoms with Gasteiger partial charge in [-0.3, -0.25) is 20.3 Å². The van der Waals surface area contributed by atoms with E-state index in [2.05, 4.69) is 24.4 Å². The average Bonchev–Trinajstić information content (AvgIpc) is 2.78. The Morgan fingerprint density at radius 1 is 1.27 bits per heavy atom. The number of fused-ring (bicyclic) bond motifs is 2. The van der Waals surface area contributed by atoms with Gasteiger partial charge in [0.15, 0.2) is 5.78 Å². The second kappa shape index (κ2) is 4.63. The number of hydrazone groups is 1. The molecule has 1 aromatic carbocycles. The first-order chi connectivity index (χ1) is 10.3. The lowest BCUT2D eigenvalue weighted by molar-refractivity contribution is -0.384. The first-order valence-electron chi connectivity index (χ1n) is 7.40. The minimum Gasteiger partial charge on any atom is -0.292 e. The number of nitrogens with one attached hydrogen (secondary N) is 1. The first-order valence-corrected chi connectivity index (χ1v) is 7.40. The maximum atomic E-state index is 12.6. The number of rotatable bonds is 3. The summed E-state index contributed by atoms with van der Waals surface area (Å²) >= 11 is 0. The number of carbonyl (C=O) groups excluding carboxylic acids is 1. The Balaban J connectivity index is 1.82. The van der Waals surface area contributed by atoms with Gasteiger partial charge in [0.05, 0.1) is 10.6 Å². The Bertz CT molecular complexity index is 678. The molecule has 0 spiro atoms. The molecule has 2 fully saturated rings. The van der Waals surface area contributed by atoms with Crippen molar-refractivity contribution in [3.05, 3.63) is 34.4 Å². The average molecular weight is 301 g/mol. The van der Waals surface area contributed by atoms with Crippen LogP contribution >= 0.6 is 0 Å². The van der Waals surface area contributed by atoms with Crippen LogP contribution in [0.2, 0.25) is 0 Å².